The van der Waals surface area contributed by atoms with E-state index < -0.39 is 6.09 Å². The number of amides is 1. The number of likely N-dealkylation sites (tertiary alicyclic amines) is 1. The van der Waals surface area contributed by atoms with E-state index in [0.717, 1.165) is 19.3 Å². The average molecular weight is 458 g/mol. The first kappa shape index (κ1) is 23.2. The van der Waals surface area contributed by atoms with E-state index in [9.17, 15) is 14.0 Å². The molecule has 3 heterocycles. The Kier molecular flexibility index (Phi) is 7.25. The molecule has 1 amide bonds. The largest absolute Gasteiger partial charge is 0.415 e. The van der Waals surface area contributed by atoms with Gasteiger partial charge in [0, 0.05) is 19.5 Å². The first-order chi connectivity index (χ1) is 15.9. The second kappa shape index (κ2) is 10.3. The highest BCUT2D eigenvalue weighted by Crippen LogP contribution is 2.28. The number of allylic oxidation sites excluding steroid dienone is 4. The quantitative estimate of drug-likeness (QED) is 0.497. The van der Waals surface area contributed by atoms with Gasteiger partial charge in [0.2, 0.25) is 0 Å². The average Bonchev–Trinajstić information content (AvgIpc) is 3.47. The van der Waals surface area contributed by atoms with Gasteiger partial charge in [-0.3, -0.25) is 4.79 Å². The molecule has 33 heavy (non-hydrogen) atoms. The molecule has 0 radical (unpaired) electrons. The molecule has 178 valence electrons. The molecule has 0 bridgehead atoms. The smallest absolute Gasteiger partial charge is 0.414 e. The number of hydrogen-bond acceptors (Lipinski definition) is 5. The highest BCUT2D eigenvalue weighted by atomic mass is 19.1. The fourth-order valence-corrected chi connectivity index (χ4v) is 4.72. The van der Waals surface area contributed by atoms with Crippen LogP contribution in [-0.2, 0) is 11.2 Å². The second-order valence-electron chi connectivity index (χ2n) is 9.05. The molecule has 4 rings (SSSR count). The molecule has 1 saturated carbocycles. The van der Waals surface area contributed by atoms with Gasteiger partial charge in [0.1, 0.15) is 17.0 Å². The summed E-state index contributed by atoms with van der Waals surface area (Å²) in [4.78, 5) is 34.6. The Morgan fingerprint density at radius 2 is 2.06 bits per heavy atom. The van der Waals surface area contributed by atoms with Crippen LogP contribution in [0.1, 0.15) is 70.7 Å². The van der Waals surface area contributed by atoms with E-state index in [1.807, 2.05) is 0 Å². The van der Waals surface area contributed by atoms with Gasteiger partial charge in [-0.2, -0.15) is 5.10 Å². The minimum absolute atomic E-state index is 0.0980. The number of aromatic amines is 1. The predicted molar refractivity (Wildman–Crippen MR) is 123 cm³/mol. The molecule has 1 saturated heterocycles. The van der Waals surface area contributed by atoms with Crippen molar-refractivity contribution in [3.05, 3.63) is 46.1 Å². The van der Waals surface area contributed by atoms with Crippen molar-refractivity contribution in [2.75, 3.05) is 13.1 Å². The van der Waals surface area contributed by atoms with Gasteiger partial charge in [-0.15, -0.1) is 0 Å². The van der Waals surface area contributed by atoms with Crippen LogP contribution in [0.4, 0.5) is 9.18 Å². The van der Waals surface area contributed by atoms with Crippen molar-refractivity contribution < 1.29 is 13.9 Å². The molecule has 9 heteroatoms. The van der Waals surface area contributed by atoms with Crippen LogP contribution >= 0.6 is 0 Å². The van der Waals surface area contributed by atoms with E-state index in [1.165, 1.54) is 37.8 Å². The summed E-state index contributed by atoms with van der Waals surface area (Å²) in [7, 11) is 0. The van der Waals surface area contributed by atoms with Crippen LogP contribution in [0.25, 0.3) is 11.0 Å². The van der Waals surface area contributed by atoms with Gasteiger partial charge in [-0.25, -0.2) is 18.9 Å². The Bertz CT molecular complexity index is 1110. The van der Waals surface area contributed by atoms with Gasteiger partial charge < -0.3 is 14.6 Å². The first-order valence-electron chi connectivity index (χ1n) is 11.9. The molecule has 2 aromatic heterocycles. The molecule has 8 nitrogen and oxygen atoms in total. The van der Waals surface area contributed by atoms with Crippen LogP contribution in [0.3, 0.4) is 0 Å². The van der Waals surface area contributed by atoms with E-state index in [4.69, 9.17) is 9.72 Å². The van der Waals surface area contributed by atoms with E-state index in [2.05, 4.69) is 10.1 Å². The standard InChI is InChI=1S/C24H32FN5O3/c1-3-18(25)11-10-16(2)33-24(32)29-12-6-9-19(15-29)30-22-20(14-26-30)23(31)28-21(27-22)13-17-7-4-5-8-17/h10-11,14,17,19H,3-9,12-13,15H2,1-2H3,(H,27,28,31)/b16-10+,18-11+. The van der Waals surface area contributed by atoms with Gasteiger partial charge in [0.25, 0.3) is 5.56 Å². The molecule has 2 fully saturated rings. The normalized spacial score (nSPS) is 20.6. The lowest BCUT2D eigenvalue weighted by Crippen LogP contribution is -2.41. The number of hydrogen-bond donors (Lipinski definition) is 1. The fraction of sp³-hybridized carbons (Fsp3) is 0.583. The summed E-state index contributed by atoms with van der Waals surface area (Å²) in [5, 5.41) is 4.93. The van der Waals surface area contributed by atoms with E-state index >= 15 is 0 Å². The summed E-state index contributed by atoms with van der Waals surface area (Å²) < 4.78 is 20.5. The minimum Gasteiger partial charge on any atom is -0.415 e. The Morgan fingerprint density at radius 3 is 2.82 bits per heavy atom. The van der Waals surface area contributed by atoms with E-state index in [1.54, 1.807) is 29.6 Å². The lowest BCUT2D eigenvalue weighted by Gasteiger charge is -2.32. The molecular weight excluding hydrogens is 425 g/mol. The van der Waals surface area contributed by atoms with Crippen molar-refractivity contribution >= 4 is 17.1 Å². The van der Waals surface area contributed by atoms with Gasteiger partial charge >= 0.3 is 6.09 Å². The van der Waals surface area contributed by atoms with Crippen LogP contribution in [-0.4, -0.2) is 43.8 Å². The minimum atomic E-state index is -0.469. The summed E-state index contributed by atoms with van der Waals surface area (Å²) >= 11 is 0. The number of fused-ring (bicyclic) bond motifs is 1. The number of carbonyl (C=O) groups is 1. The third kappa shape index (κ3) is 5.51. The van der Waals surface area contributed by atoms with Gasteiger partial charge in [0.05, 0.1) is 18.1 Å². The molecule has 2 aromatic rings. The van der Waals surface area contributed by atoms with Gasteiger partial charge in [0.15, 0.2) is 5.65 Å². The van der Waals surface area contributed by atoms with Crippen molar-refractivity contribution in [1.29, 1.82) is 0 Å². The predicted octanol–water partition coefficient (Wildman–Crippen LogP) is 4.79. The number of H-pyrrole nitrogens is 1. The van der Waals surface area contributed by atoms with Crippen molar-refractivity contribution in [2.45, 2.75) is 71.3 Å². The number of nitrogens with one attached hydrogen (secondary N) is 1. The zero-order valence-electron chi connectivity index (χ0n) is 19.3. The Balaban J connectivity index is 1.49. The third-order valence-corrected chi connectivity index (χ3v) is 6.55. The Morgan fingerprint density at radius 1 is 1.27 bits per heavy atom. The van der Waals surface area contributed by atoms with E-state index in [-0.39, 0.29) is 17.4 Å². The number of rotatable bonds is 6. The molecular formula is C24H32FN5O3. The summed E-state index contributed by atoms with van der Waals surface area (Å²) in [5.41, 5.74) is 0.405. The topological polar surface area (TPSA) is 93.1 Å². The number of nitrogens with zero attached hydrogens (tertiary/aromatic N) is 4. The second-order valence-corrected chi connectivity index (χ2v) is 9.05. The van der Waals surface area contributed by atoms with Crippen LogP contribution in [0.5, 0.6) is 0 Å². The van der Waals surface area contributed by atoms with Crippen molar-refractivity contribution in [2.24, 2.45) is 5.92 Å². The number of ether oxygens (including phenoxy) is 1. The van der Waals surface area contributed by atoms with Crippen molar-refractivity contribution in [1.82, 2.24) is 24.6 Å². The summed E-state index contributed by atoms with van der Waals surface area (Å²) in [6.07, 6.45) is 11.4. The molecule has 0 spiro atoms. The molecule has 1 unspecified atom stereocenters. The maximum Gasteiger partial charge on any atom is 0.414 e. The zero-order chi connectivity index (χ0) is 23.4. The number of piperidine rings is 1. The molecule has 1 atom stereocenters. The Hall–Kier alpha value is -2.97. The SMILES string of the molecule is CC/C(F)=C\C=C(/C)OC(=O)N1CCCC(n2ncc3c(=O)[nH]c(CC4CCCC4)nc32)C1. The number of aromatic nitrogens is 4. The number of halogens is 1. The van der Waals surface area contributed by atoms with E-state index in [0.29, 0.717) is 48.0 Å². The number of carbonyl (C=O) groups excluding carboxylic acids is 1. The molecule has 1 N–H and O–H groups in total. The lowest BCUT2D eigenvalue weighted by atomic mass is 10.0. The maximum atomic E-state index is 13.3. The summed E-state index contributed by atoms with van der Waals surface area (Å²) in [5.74, 6) is 1.34. The highest BCUT2D eigenvalue weighted by Gasteiger charge is 2.28. The van der Waals surface area contributed by atoms with Crippen LogP contribution in [0.15, 0.2) is 34.7 Å². The van der Waals surface area contributed by atoms with Crippen molar-refractivity contribution in [3.8, 4) is 0 Å². The monoisotopic (exact) mass is 457 g/mol. The molecule has 0 aromatic carbocycles. The fourth-order valence-electron chi connectivity index (χ4n) is 4.72. The van der Waals surface area contributed by atoms with Crippen LogP contribution in [0, 0.1) is 5.92 Å². The summed E-state index contributed by atoms with van der Waals surface area (Å²) in [6, 6.07) is -0.0980. The third-order valence-electron chi connectivity index (χ3n) is 6.55. The molecule has 2 aliphatic rings. The molecule has 1 aliphatic carbocycles. The maximum absolute atomic E-state index is 13.3. The Labute approximate surface area is 192 Å². The zero-order valence-corrected chi connectivity index (χ0v) is 19.3. The summed E-state index contributed by atoms with van der Waals surface area (Å²) in [6.45, 7) is 4.33. The van der Waals surface area contributed by atoms with Crippen LogP contribution in [0.2, 0.25) is 0 Å². The van der Waals surface area contributed by atoms with Crippen LogP contribution < -0.4 is 5.56 Å². The highest BCUT2D eigenvalue weighted by molar-refractivity contribution is 5.73. The lowest BCUT2D eigenvalue weighted by molar-refractivity contribution is 0.106. The first-order valence-corrected chi connectivity index (χ1v) is 11.9. The van der Waals surface area contributed by atoms with Gasteiger partial charge in [-0.05, 0) is 44.3 Å². The van der Waals surface area contributed by atoms with Crippen molar-refractivity contribution in [3.63, 3.8) is 0 Å². The van der Waals surface area contributed by atoms with Gasteiger partial charge in [-0.1, -0.05) is 32.6 Å². The molecule has 1 aliphatic heterocycles.